The van der Waals surface area contributed by atoms with Gasteiger partial charge in [0.05, 0.1) is 0 Å². The van der Waals surface area contributed by atoms with Gasteiger partial charge in [-0.2, -0.15) is 11.8 Å². The van der Waals surface area contributed by atoms with Crippen LogP contribution in [0, 0.1) is 0 Å². The minimum absolute atomic E-state index is 0.522. The molecule has 0 aromatic heterocycles. The molecule has 0 bridgehead atoms. The first-order valence-corrected chi connectivity index (χ1v) is 6.97. The van der Waals surface area contributed by atoms with E-state index in [0.29, 0.717) is 0 Å². The van der Waals surface area contributed by atoms with E-state index in [4.69, 9.17) is 0 Å². The Kier molecular flexibility index (Phi) is 3.57. The molecule has 0 unspecified atom stereocenters. The van der Waals surface area contributed by atoms with Crippen LogP contribution in [0.1, 0.15) is 32.1 Å². The standard InChI is InChI=1S/C11H19NO2S/c13-10(14)11(4-8-15-9-5-11)12-6-2-1-3-7-12/h1-9H2,(H,13,14). The minimum atomic E-state index is -0.593. The molecule has 0 amide bonds. The van der Waals surface area contributed by atoms with Crippen molar-refractivity contribution < 1.29 is 9.90 Å². The van der Waals surface area contributed by atoms with Crippen LogP contribution in [0.3, 0.4) is 0 Å². The molecule has 2 rings (SSSR count). The number of hydrogen-bond acceptors (Lipinski definition) is 3. The lowest BCUT2D eigenvalue weighted by molar-refractivity contribution is -0.153. The number of likely N-dealkylation sites (tertiary alicyclic amines) is 1. The van der Waals surface area contributed by atoms with Crippen molar-refractivity contribution in [3.05, 3.63) is 0 Å². The normalized spacial score (nSPS) is 27.5. The van der Waals surface area contributed by atoms with E-state index in [-0.39, 0.29) is 0 Å². The van der Waals surface area contributed by atoms with Gasteiger partial charge in [0.1, 0.15) is 5.54 Å². The van der Waals surface area contributed by atoms with Crippen LogP contribution in [0.25, 0.3) is 0 Å². The highest BCUT2D eigenvalue weighted by Crippen LogP contribution is 2.34. The third kappa shape index (κ3) is 2.16. The number of thioether (sulfide) groups is 1. The van der Waals surface area contributed by atoms with Crippen molar-refractivity contribution in [2.45, 2.75) is 37.6 Å². The zero-order chi connectivity index (χ0) is 10.7. The topological polar surface area (TPSA) is 40.5 Å². The van der Waals surface area contributed by atoms with Gasteiger partial charge in [0.2, 0.25) is 0 Å². The molecule has 0 aromatic carbocycles. The maximum atomic E-state index is 11.5. The first-order valence-electron chi connectivity index (χ1n) is 5.82. The number of hydrogen-bond donors (Lipinski definition) is 1. The molecular weight excluding hydrogens is 210 g/mol. The van der Waals surface area contributed by atoms with Gasteiger partial charge in [-0.05, 0) is 50.3 Å². The molecule has 1 N–H and O–H groups in total. The highest BCUT2D eigenvalue weighted by Gasteiger charge is 2.45. The van der Waals surface area contributed by atoms with E-state index >= 15 is 0 Å². The summed E-state index contributed by atoms with van der Waals surface area (Å²) in [5.41, 5.74) is -0.522. The maximum Gasteiger partial charge on any atom is 0.324 e. The summed E-state index contributed by atoms with van der Waals surface area (Å²) >= 11 is 1.89. The van der Waals surface area contributed by atoms with Crippen molar-refractivity contribution >= 4 is 17.7 Å². The van der Waals surface area contributed by atoms with Gasteiger partial charge in [-0.1, -0.05) is 6.42 Å². The molecule has 2 aliphatic heterocycles. The molecule has 15 heavy (non-hydrogen) atoms. The highest BCUT2D eigenvalue weighted by molar-refractivity contribution is 7.99. The smallest absolute Gasteiger partial charge is 0.324 e. The van der Waals surface area contributed by atoms with E-state index < -0.39 is 11.5 Å². The fourth-order valence-corrected chi connectivity index (χ4v) is 3.86. The van der Waals surface area contributed by atoms with Crippen LogP contribution in [-0.2, 0) is 4.79 Å². The van der Waals surface area contributed by atoms with Gasteiger partial charge in [-0.3, -0.25) is 9.69 Å². The molecule has 2 heterocycles. The van der Waals surface area contributed by atoms with Gasteiger partial charge in [-0.25, -0.2) is 0 Å². The number of carboxylic acid groups (broad SMARTS) is 1. The number of rotatable bonds is 2. The minimum Gasteiger partial charge on any atom is -0.480 e. The number of carbonyl (C=O) groups is 1. The Morgan fingerprint density at radius 2 is 1.73 bits per heavy atom. The predicted octanol–water partition coefficient (Wildman–Crippen LogP) is 1.82. The molecule has 0 spiro atoms. The van der Waals surface area contributed by atoms with E-state index in [2.05, 4.69) is 4.90 Å². The van der Waals surface area contributed by atoms with Gasteiger partial charge < -0.3 is 5.11 Å². The second-order valence-electron chi connectivity index (χ2n) is 4.50. The lowest BCUT2D eigenvalue weighted by atomic mass is 9.88. The molecule has 86 valence electrons. The zero-order valence-corrected chi connectivity index (χ0v) is 9.89. The third-order valence-electron chi connectivity index (χ3n) is 3.68. The van der Waals surface area contributed by atoms with Crippen molar-refractivity contribution in [1.29, 1.82) is 0 Å². The number of piperidine rings is 1. The van der Waals surface area contributed by atoms with Crippen LogP contribution in [0.4, 0.5) is 0 Å². The van der Waals surface area contributed by atoms with Crippen LogP contribution in [0.2, 0.25) is 0 Å². The van der Waals surface area contributed by atoms with Crippen LogP contribution >= 0.6 is 11.8 Å². The van der Waals surface area contributed by atoms with Gasteiger partial charge in [-0.15, -0.1) is 0 Å². The van der Waals surface area contributed by atoms with Gasteiger partial charge in [0.25, 0.3) is 0 Å². The van der Waals surface area contributed by atoms with Gasteiger partial charge in [0, 0.05) is 0 Å². The SMILES string of the molecule is O=C(O)C1(N2CCCCC2)CCSCC1. The van der Waals surface area contributed by atoms with Crippen LogP contribution in [-0.4, -0.2) is 46.1 Å². The predicted molar refractivity (Wildman–Crippen MR) is 62.3 cm³/mol. The summed E-state index contributed by atoms with van der Waals surface area (Å²) < 4.78 is 0. The summed E-state index contributed by atoms with van der Waals surface area (Å²) in [5, 5.41) is 9.49. The van der Waals surface area contributed by atoms with Gasteiger partial charge >= 0.3 is 5.97 Å². The van der Waals surface area contributed by atoms with Crippen LogP contribution in [0.15, 0.2) is 0 Å². The van der Waals surface area contributed by atoms with Crippen LogP contribution < -0.4 is 0 Å². The molecule has 2 saturated heterocycles. The molecule has 0 aliphatic carbocycles. The molecule has 0 aromatic rings. The average molecular weight is 229 g/mol. The fourth-order valence-electron chi connectivity index (χ4n) is 2.70. The van der Waals surface area contributed by atoms with Crippen molar-refractivity contribution in [1.82, 2.24) is 4.90 Å². The number of nitrogens with zero attached hydrogens (tertiary/aromatic N) is 1. The number of carboxylic acids is 1. The van der Waals surface area contributed by atoms with Crippen molar-refractivity contribution in [3.63, 3.8) is 0 Å². The third-order valence-corrected chi connectivity index (χ3v) is 4.67. The first kappa shape index (κ1) is 11.3. The monoisotopic (exact) mass is 229 g/mol. The van der Waals surface area contributed by atoms with E-state index in [1.807, 2.05) is 11.8 Å². The Morgan fingerprint density at radius 1 is 1.13 bits per heavy atom. The number of aliphatic carboxylic acids is 1. The Labute approximate surface area is 95.2 Å². The van der Waals surface area contributed by atoms with Crippen molar-refractivity contribution in [2.24, 2.45) is 0 Å². The summed E-state index contributed by atoms with van der Waals surface area (Å²) in [6, 6.07) is 0. The van der Waals surface area contributed by atoms with Gasteiger partial charge in [0.15, 0.2) is 0 Å². The molecule has 2 fully saturated rings. The second kappa shape index (κ2) is 4.74. The molecule has 0 atom stereocenters. The summed E-state index contributed by atoms with van der Waals surface area (Å²) in [6.45, 7) is 1.97. The highest BCUT2D eigenvalue weighted by atomic mass is 32.2. The van der Waals surface area contributed by atoms with Crippen molar-refractivity contribution in [2.75, 3.05) is 24.6 Å². The summed E-state index contributed by atoms with van der Waals surface area (Å²) in [4.78, 5) is 13.8. The summed E-state index contributed by atoms with van der Waals surface area (Å²) in [5.74, 6) is 1.41. The largest absolute Gasteiger partial charge is 0.480 e. The zero-order valence-electron chi connectivity index (χ0n) is 9.07. The van der Waals surface area contributed by atoms with Crippen molar-refractivity contribution in [3.8, 4) is 0 Å². The molecule has 0 saturated carbocycles. The fraction of sp³-hybridized carbons (Fsp3) is 0.909. The molecule has 3 nitrogen and oxygen atoms in total. The molecule has 2 aliphatic rings. The maximum absolute atomic E-state index is 11.5. The molecule has 4 heteroatoms. The summed E-state index contributed by atoms with van der Waals surface area (Å²) in [6.07, 6.45) is 5.26. The van der Waals surface area contributed by atoms with E-state index in [0.717, 1.165) is 37.4 Å². The second-order valence-corrected chi connectivity index (χ2v) is 5.72. The average Bonchev–Trinajstić information content (AvgIpc) is 2.31. The Balaban J connectivity index is 2.12. The quantitative estimate of drug-likeness (QED) is 0.784. The van der Waals surface area contributed by atoms with E-state index in [1.54, 1.807) is 0 Å². The Hall–Kier alpha value is -0.220. The lowest BCUT2D eigenvalue weighted by Crippen LogP contribution is -2.58. The Morgan fingerprint density at radius 3 is 2.27 bits per heavy atom. The molecular formula is C11H19NO2S. The van der Waals surface area contributed by atoms with Crippen LogP contribution in [0.5, 0.6) is 0 Å². The molecule has 0 radical (unpaired) electrons. The van der Waals surface area contributed by atoms with E-state index in [9.17, 15) is 9.90 Å². The van der Waals surface area contributed by atoms with E-state index in [1.165, 1.54) is 19.3 Å². The first-order chi connectivity index (χ1) is 7.26. The summed E-state index contributed by atoms with van der Waals surface area (Å²) in [7, 11) is 0. The Bertz CT molecular complexity index is 233. The lowest BCUT2D eigenvalue weighted by Gasteiger charge is -2.44.